The minimum atomic E-state index is -1.95. The summed E-state index contributed by atoms with van der Waals surface area (Å²) in [6.07, 6.45) is 12.3. The van der Waals surface area contributed by atoms with E-state index < -0.39 is 36.3 Å². The fourth-order valence-electron chi connectivity index (χ4n) is 13.2. The van der Waals surface area contributed by atoms with Gasteiger partial charge in [0.05, 0.1) is 31.9 Å². The van der Waals surface area contributed by atoms with Crippen molar-refractivity contribution in [2.45, 2.75) is 141 Å². The number of ether oxygens (including phenoxy) is 4. The summed E-state index contributed by atoms with van der Waals surface area (Å²) in [5, 5.41) is 82.3. The SMILES string of the molecule is CCOCCc1cccc(C2CC(CNC(CC)NCC(C)O)C3=CC(CC(CO)CCc4cccc(NC(N)=NC)c4)C(C=C3O)CC3CC(=O)CCc4ccc(OC)c(c4)OCc4c(C(O)O)cc5c(c(O)cc6c5c4C=CC6C)C2C#CO3)c1. The van der Waals surface area contributed by atoms with Crippen LogP contribution in [0.5, 0.6) is 17.2 Å². The number of aliphatic imine (C=N–C) groups is 1. The Morgan fingerprint density at radius 3 is 2.51 bits per heavy atom. The van der Waals surface area contributed by atoms with Gasteiger partial charge in [-0.1, -0.05) is 80.5 Å². The van der Waals surface area contributed by atoms with E-state index in [1.807, 2.05) is 73.7 Å². The Morgan fingerprint density at radius 2 is 1.76 bits per heavy atom. The highest BCUT2D eigenvalue weighted by Crippen LogP contribution is 2.51. The molecule has 16 heteroatoms. The van der Waals surface area contributed by atoms with Gasteiger partial charge in [-0.15, -0.1) is 0 Å². The third-order valence-electron chi connectivity index (χ3n) is 17.9. The minimum Gasteiger partial charge on any atom is -0.508 e. The molecule has 0 spiro atoms. The lowest BCUT2D eigenvalue weighted by molar-refractivity contribution is -0.121. The average Bonchev–Trinajstić information content (AvgIpc) is 0.912. The molecule has 0 radical (unpaired) electrons. The predicted octanol–water partition coefficient (Wildman–Crippen LogP) is 10.3. The van der Waals surface area contributed by atoms with Crippen molar-refractivity contribution in [3.63, 3.8) is 0 Å². The second-order valence-corrected chi connectivity index (χ2v) is 24.0. The number of anilines is 1. The van der Waals surface area contributed by atoms with Crippen LogP contribution in [0.15, 0.2) is 113 Å². The number of guanidine groups is 1. The molecule has 0 saturated carbocycles. The van der Waals surface area contributed by atoms with Crippen LogP contribution in [0, 0.1) is 35.7 Å². The molecule has 5 aromatic rings. The van der Waals surface area contributed by atoms with Crippen molar-refractivity contribution in [2.24, 2.45) is 34.4 Å². The summed E-state index contributed by atoms with van der Waals surface area (Å²) in [5.74, 6) is 2.13. The van der Waals surface area contributed by atoms with Gasteiger partial charge in [0.15, 0.2) is 23.7 Å². The number of fused-ring (bicyclic) bond motifs is 8. The van der Waals surface area contributed by atoms with Gasteiger partial charge in [-0.25, -0.2) is 0 Å². The summed E-state index contributed by atoms with van der Waals surface area (Å²) in [6.45, 7) is 9.49. The second kappa shape index (κ2) is 30.1. The predicted molar refractivity (Wildman–Crippen MR) is 342 cm³/mol. The third kappa shape index (κ3) is 15.9. The molecule has 11 N–H and O–H groups in total. The lowest BCUT2D eigenvalue weighted by Gasteiger charge is -2.36. The van der Waals surface area contributed by atoms with Gasteiger partial charge in [0.25, 0.3) is 0 Å². The van der Waals surface area contributed by atoms with Crippen LogP contribution in [0.4, 0.5) is 5.69 Å². The summed E-state index contributed by atoms with van der Waals surface area (Å²) in [4.78, 5) is 18.6. The van der Waals surface area contributed by atoms with Gasteiger partial charge in [-0.2, -0.15) is 0 Å². The second-order valence-electron chi connectivity index (χ2n) is 24.0. The van der Waals surface area contributed by atoms with E-state index in [-0.39, 0.29) is 78.7 Å². The lowest BCUT2D eigenvalue weighted by atomic mass is 9.70. The van der Waals surface area contributed by atoms with Crippen LogP contribution in [0.2, 0.25) is 0 Å². The molecular formula is C71H89N5O11. The van der Waals surface area contributed by atoms with Gasteiger partial charge in [-0.05, 0) is 175 Å². The number of nitrogens with two attached hydrogens (primary N) is 1. The first-order valence-corrected chi connectivity index (χ1v) is 31.1. The number of aromatic hydroxyl groups is 1. The van der Waals surface area contributed by atoms with Crippen LogP contribution < -0.4 is 31.2 Å². The van der Waals surface area contributed by atoms with Crippen molar-refractivity contribution >= 4 is 34.3 Å². The summed E-state index contributed by atoms with van der Waals surface area (Å²) in [7, 11) is 3.19. The van der Waals surface area contributed by atoms with Gasteiger partial charge in [-0.3, -0.25) is 15.1 Å². The van der Waals surface area contributed by atoms with Crippen molar-refractivity contribution in [1.82, 2.24) is 10.6 Å². The monoisotopic (exact) mass is 1190 g/mol. The number of phenols is 1. The standard InChI is InChI=1S/C71H89N5O11/c1-7-67(74-38-43(4)78)75-39-51-33-58(48-13-9-11-45(27-48)23-25-85-8-2)56-24-26-86-54(31-50-34-63(80)59(51)32-49(50)28-47(40-77)17-16-44-12-10-14-52(29-44)76-71(72)73-5)35-53(79)20-18-46-19-22-65(84-6)66(30-46)87-41-62-55-21-15-42(3)57-37-64(81)69(56)61(68(55)57)36-60(62)70(82)83/h9-15,19,21-22,27,29-30,32,34,36-37,42-43,47,49-51,54,56,58,67,70,74-75,77-78,80-83H,7-8,16-18,20,23,25,28,31,33,35,38-41H2,1-6H3,(H3,72,73,76). The Labute approximate surface area is 512 Å². The highest BCUT2D eigenvalue weighted by atomic mass is 16.5. The van der Waals surface area contributed by atoms with Crippen LogP contribution in [0.1, 0.15) is 147 Å². The lowest BCUT2D eigenvalue weighted by Crippen LogP contribution is -2.46. The number of aryl methyl sites for hydroxylation is 2. The number of hydrogen-bond donors (Lipinski definition) is 10. The Morgan fingerprint density at radius 1 is 0.954 bits per heavy atom. The molecular weight excluding hydrogens is 1100 g/mol. The number of methoxy groups -OCH3 is 1. The molecule has 10 bridgehead atoms. The molecule has 5 aromatic carbocycles. The quantitative estimate of drug-likeness (QED) is 0.0108. The number of allylic oxidation sites excluding steroid dienone is 4. The molecule has 0 aromatic heterocycles. The first-order valence-electron chi connectivity index (χ1n) is 31.1. The maximum Gasteiger partial charge on any atom is 0.192 e. The summed E-state index contributed by atoms with van der Waals surface area (Å²) < 4.78 is 25.1. The van der Waals surface area contributed by atoms with Crippen LogP contribution in [0.25, 0.3) is 16.8 Å². The average molecular weight is 1190 g/mol. The zero-order valence-electron chi connectivity index (χ0n) is 51.2. The van der Waals surface area contributed by atoms with E-state index in [1.165, 1.54) is 0 Å². The maximum atomic E-state index is 14.6. The van der Waals surface area contributed by atoms with E-state index in [0.717, 1.165) is 44.5 Å². The Kier molecular flexibility index (Phi) is 22.3. The zero-order chi connectivity index (χ0) is 61.7. The summed E-state index contributed by atoms with van der Waals surface area (Å²) in [5.41, 5.74) is 14.2. The van der Waals surface area contributed by atoms with Gasteiger partial charge in [0.2, 0.25) is 0 Å². The molecule has 4 heterocycles. The van der Waals surface area contributed by atoms with Crippen molar-refractivity contribution in [3.05, 3.63) is 158 Å². The molecule has 6 aliphatic rings. The van der Waals surface area contributed by atoms with Crippen LogP contribution in [-0.4, -0.2) is 108 Å². The summed E-state index contributed by atoms with van der Waals surface area (Å²) >= 11 is 0. The van der Waals surface area contributed by atoms with Crippen molar-refractivity contribution in [3.8, 4) is 29.3 Å². The highest BCUT2D eigenvalue weighted by Gasteiger charge is 2.39. The van der Waals surface area contributed by atoms with Gasteiger partial charge < -0.3 is 66.0 Å². The Bertz CT molecular complexity index is 3400. The number of carbonyl (C=O) groups is 1. The first kappa shape index (κ1) is 64.3. The van der Waals surface area contributed by atoms with Gasteiger partial charge >= 0.3 is 0 Å². The van der Waals surface area contributed by atoms with E-state index in [0.29, 0.717) is 117 Å². The number of aliphatic hydroxyl groups is 5. The number of rotatable bonds is 21. The normalized spacial score (nSPS) is 22.4. The largest absolute Gasteiger partial charge is 0.508 e. The molecule has 2 aliphatic carbocycles. The van der Waals surface area contributed by atoms with E-state index in [1.54, 1.807) is 27.1 Å². The zero-order valence-corrected chi connectivity index (χ0v) is 51.2. The minimum absolute atomic E-state index is 0.0146. The number of benzene rings is 5. The van der Waals surface area contributed by atoms with E-state index >= 15 is 0 Å². The fraction of sp³-hybridized carbons (Fsp3) is 0.465. The van der Waals surface area contributed by atoms with Crippen LogP contribution >= 0.6 is 0 Å². The van der Waals surface area contributed by atoms with E-state index in [4.69, 9.17) is 24.7 Å². The van der Waals surface area contributed by atoms with Crippen molar-refractivity contribution < 1.29 is 54.4 Å². The highest BCUT2D eigenvalue weighted by molar-refractivity contribution is 6.01. The molecule has 87 heavy (non-hydrogen) atoms. The number of carbonyl (C=O) groups excluding carboxylic acids is 1. The van der Waals surface area contributed by atoms with Crippen molar-refractivity contribution in [1.29, 1.82) is 0 Å². The Hall–Kier alpha value is -7.20. The van der Waals surface area contributed by atoms with Crippen molar-refractivity contribution in [2.75, 3.05) is 52.4 Å². The van der Waals surface area contributed by atoms with Gasteiger partial charge in [0, 0.05) is 86.3 Å². The molecule has 0 fully saturated rings. The summed E-state index contributed by atoms with van der Waals surface area (Å²) in [6, 6.07) is 25.5. The first-order chi connectivity index (χ1) is 42.1. The molecule has 16 nitrogen and oxygen atoms in total. The number of nitrogens with zero attached hydrogens (tertiary/aromatic N) is 1. The third-order valence-corrected chi connectivity index (χ3v) is 17.9. The number of nitrogens with one attached hydrogen (secondary N) is 3. The number of ketones is 1. The number of Topliss-reactive ketones (excluding diaryl/α,β-unsaturated/α-hetero) is 1. The smallest absolute Gasteiger partial charge is 0.192 e. The van der Waals surface area contributed by atoms with Crippen LogP contribution in [-0.2, 0) is 40.1 Å². The van der Waals surface area contributed by atoms with Gasteiger partial charge in [0.1, 0.15) is 36.1 Å². The molecule has 10 atom stereocenters. The molecule has 464 valence electrons. The molecule has 10 unspecified atom stereocenters. The molecule has 0 amide bonds. The Balaban J connectivity index is 1.27. The number of hydrogen-bond acceptors (Lipinski definition) is 14. The molecule has 11 rings (SSSR count). The van der Waals surface area contributed by atoms with E-state index in [9.17, 15) is 35.4 Å². The topological polar surface area (TPSA) is 250 Å². The van der Waals surface area contributed by atoms with E-state index in [2.05, 4.69) is 77.2 Å². The van der Waals surface area contributed by atoms with Crippen LogP contribution in [0.3, 0.4) is 0 Å². The number of phenolic OH excluding ortho intramolecular Hbond substituents is 1. The number of aliphatic hydroxyl groups excluding tert-OH is 4. The molecule has 0 saturated heterocycles. The molecule has 4 aliphatic heterocycles. The maximum absolute atomic E-state index is 14.6. The fourth-order valence-corrected chi connectivity index (χ4v) is 13.2.